The predicted molar refractivity (Wildman–Crippen MR) is 112 cm³/mol. The van der Waals surface area contributed by atoms with Gasteiger partial charge in [0.05, 0.1) is 12.1 Å². The van der Waals surface area contributed by atoms with E-state index in [1.54, 1.807) is 18.4 Å². The van der Waals surface area contributed by atoms with Crippen LogP contribution in [0, 0.1) is 0 Å². The zero-order chi connectivity index (χ0) is 16.5. The van der Waals surface area contributed by atoms with Crippen LogP contribution in [0.3, 0.4) is 0 Å². The largest absolute Gasteiger partial charge is 0.381 e. The second-order valence-electron chi connectivity index (χ2n) is 5.99. The molecule has 1 aromatic rings. The van der Waals surface area contributed by atoms with E-state index in [1.807, 2.05) is 0 Å². The lowest BCUT2D eigenvalue weighted by Gasteiger charge is -2.34. The average molecular weight is 467 g/mol. The quantitative estimate of drug-likeness (QED) is 0.368. The summed E-state index contributed by atoms with van der Waals surface area (Å²) in [6.07, 6.45) is 1.80. The molecular weight excluding hydrogens is 437 g/mol. The summed E-state index contributed by atoms with van der Waals surface area (Å²) in [6.45, 7) is 8.21. The molecule has 0 saturated carbocycles. The molecule has 2 heterocycles. The van der Waals surface area contributed by atoms with Crippen LogP contribution in [0.5, 0.6) is 0 Å². The third-order valence-corrected chi connectivity index (χ3v) is 5.42. The molecule has 1 aliphatic rings. The van der Waals surface area contributed by atoms with Gasteiger partial charge in [-0.25, -0.2) is 0 Å². The van der Waals surface area contributed by atoms with Crippen molar-refractivity contribution in [3.8, 4) is 0 Å². The summed E-state index contributed by atoms with van der Waals surface area (Å²) in [7, 11) is 1.78. The van der Waals surface area contributed by atoms with Gasteiger partial charge >= 0.3 is 0 Å². The highest BCUT2D eigenvalue weighted by Gasteiger charge is 2.32. The molecule has 0 bridgehead atoms. The Balaban J connectivity index is 0.00000288. The summed E-state index contributed by atoms with van der Waals surface area (Å²) in [5, 5.41) is 8.89. The van der Waals surface area contributed by atoms with Gasteiger partial charge in [0.1, 0.15) is 0 Å². The van der Waals surface area contributed by atoms with E-state index in [0.29, 0.717) is 12.5 Å². The van der Waals surface area contributed by atoms with E-state index >= 15 is 0 Å². The molecule has 1 fully saturated rings. The summed E-state index contributed by atoms with van der Waals surface area (Å²) in [6, 6.07) is 4.28. The summed E-state index contributed by atoms with van der Waals surface area (Å²) in [5.41, 5.74) is -0.181. The summed E-state index contributed by atoms with van der Waals surface area (Å²) < 4.78 is 11.2. The third-order valence-electron chi connectivity index (χ3n) is 4.31. The number of aliphatic imine (C=N–C) groups is 1. The van der Waals surface area contributed by atoms with Crippen molar-refractivity contribution in [3.63, 3.8) is 0 Å². The van der Waals surface area contributed by atoms with Crippen molar-refractivity contribution < 1.29 is 9.47 Å². The van der Waals surface area contributed by atoms with Crippen LogP contribution in [0.4, 0.5) is 0 Å². The molecule has 0 aliphatic carbocycles. The number of rotatable bonds is 7. The molecule has 5 nitrogen and oxygen atoms in total. The highest BCUT2D eigenvalue weighted by molar-refractivity contribution is 14.0. The normalized spacial score (nSPS) is 18.5. The molecule has 0 radical (unpaired) electrons. The minimum absolute atomic E-state index is 0. The van der Waals surface area contributed by atoms with Crippen molar-refractivity contribution in [1.29, 1.82) is 0 Å². The second kappa shape index (κ2) is 11.3. The van der Waals surface area contributed by atoms with E-state index < -0.39 is 0 Å². The number of guanidine groups is 1. The fraction of sp³-hybridized carbons (Fsp3) is 0.706. The van der Waals surface area contributed by atoms with Crippen LogP contribution >= 0.6 is 35.3 Å². The fourth-order valence-corrected chi connectivity index (χ4v) is 3.44. The molecule has 0 aromatic carbocycles. The first-order valence-corrected chi connectivity index (χ1v) is 9.25. The number of ether oxygens (including phenoxy) is 2. The monoisotopic (exact) mass is 467 g/mol. The highest BCUT2D eigenvalue weighted by atomic mass is 127. The number of hydrogen-bond donors (Lipinski definition) is 2. The van der Waals surface area contributed by atoms with Crippen molar-refractivity contribution >= 4 is 41.3 Å². The van der Waals surface area contributed by atoms with Crippen molar-refractivity contribution in [2.45, 2.75) is 38.2 Å². The minimum atomic E-state index is -0.181. The molecule has 138 valence electrons. The Morgan fingerprint density at radius 2 is 2.17 bits per heavy atom. The molecule has 0 amide bonds. The lowest BCUT2D eigenvalue weighted by Crippen LogP contribution is -2.44. The van der Waals surface area contributed by atoms with Gasteiger partial charge in [0.2, 0.25) is 0 Å². The second-order valence-corrected chi connectivity index (χ2v) is 6.97. The van der Waals surface area contributed by atoms with Gasteiger partial charge in [-0.2, -0.15) is 0 Å². The van der Waals surface area contributed by atoms with Gasteiger partial charge in [-0.15, -0.1) is 35.3 Å². The Bertz CT molecular complexity index is 476. The van der Waals surface area contributed by atoms with Crippen LogP contribution in [0.2, 0.25) is 0 Å². The standard InChI is InChI=1S/C17H29N3O2S.HI/c1-4-18-16(19-12-14(2)15-6-5-11-23-15)20-13-17(21-3)7-9-22-10-8-17;/h5-6,11,14H,4,7-10,12-13H2,1-3H3,(H2,18,19,20);1H. The molecule has 2 N–H and O–H groups in total. The maximum Gasteiger partial charge on any atom is 0.191 e. The van der Waals surface area contributed by atoms with Crippen LogP contribution in [0.15, 0.2) is 22.5 Å². The van der Waals surface area contributed by atoms with E-state index in [-0.39, 0.29) is 29.6 Å². The van der Waals surface area contributed by atoms with Crippen molar-refractivity contribution in [1.82, 2.24) is 10.6 Å². The smallest absolute Gasteiger partial charge is 0.191 e. The molecule has 1 unspecified atom stereocenters. The van der Waals surface area contributed by atoms with Crippen LogP contribution in [0.25, 0.3) is 0 Å². The number of methoxy groups -OCH3 is 1. The average Bonchev–Trinajstić information content (AvgIpc) is 3.12. The SMILES string of the molecule is CCNC(=NCC1(OC)CCOCC1)NCC(C)c1cccs1.I. The van der Waals surface area contributed by atoms with E-state index in [4.69, 9.17) is 14.5 Å². The summed E-state index contributed by atoms with van der Waals surface area (Å²) in [5.74, 6) is 1.33. The van der Waals surface area contributed by atoms with Crippen molar-refractivity contribution in [2.75, 3.05) is 40.0 Å². The van der Waals surface area contributed by atoms with Gasteiger partial charge < -0.3 is 20.1 Å². The van der Waals surface area contributed by atoms with Gasteiger partial charge in [0.25, 0.3) is 0 Å². The zero-order valence-corrected chi connectivity index (χ0v) is 18.0. The first-order valence-electron chi connectivity index (χ1n) is 8.37. The van der Waals surface area contributed by atoms with Crippen LogP contribution < -0.4 is 10.6 Å². The van der Waals surface area contributed by atoms with E-state index in [1.165, 1.54) is 4.88 Å². The molecule has 1 aromatic heterocycles. The highest BCUT2D eigenvalue weighted by Crippen LogP contribution is 2.24. The number of thiophene rings is 1. The van der Waals surface area contributed by atoms with Gasteiger partial charge in [0, 0.05) is 57.0 Å². The number of hydrogen-bond acceptors (Lipinski definition) is 4. The Hall–Kier alpha value is -0.380. The van der Waals surface area contributed by atoms with Gasteiger partial charge in [-0.1, -0.05) is 13.0 Å². The lowest BCUT2D eigenvalue weighted by atomic mass is 9.94. The van der Waals surface area contributed by atoms with Crippen molar-refractivity contribution in [3.05, 3.63) is 22.4 Å². The van der Waals surface area contributed by atoms with Crippen LogP contribution in [-0.4, -0.2) is 51.5 Å². The summed E-state index contributed by atoms with van der Waals surface area (Å²) >= 11 is 1.80. The number of halogens is 1. The molecule has 2 rings (SSSR count). The van der Waals surface area contributed by atoms with E-state index in [9.17, 15) is 0 Å². The first kappa shape index (κ1) is 21.7. The van der Waals surface area contributed by atoms with Gasteiger partial charge in [0.15, 0.2) is 5.96 Å². The molecule has 0 spiro atoms. The third kappa shape index (κ3) is 6.50. The Labute approximate surface area is 166 Å². The molecule has 7 heteroatoms. The Morgan fingerprint density at radius 1 is 1.42 bits per heavy atom. The predicted octanol–water partition coefficient (Wildman–Crippen LogP) is 3.22. The molecule has 1 aliphatic heterocycles. The minimum Gasteiger partial charge on any atom is -0.381 e. The molecule has 24 heavy (non-hydrogen) atoms. The molecule has 1 saturated heterocycles. The van der Waals surface area contributed by atoms with Crippen LogP contribution in [-0.2, 0) is 9.47 Å². The van der Waals surface area contributed by atoms with E-state index in [0.717, 1.165) is 45.1 Å². The Kier molecular flexibility index (Phi) is 10.2. The molecule has 1 atom stereocenters. The first-order chi connectivity index (χ1) is 11.2. The fourth-order valence-electron chi connectivity index (χ4n) is 2.66. The molecular formula is C17H30IN3O2S. The van der Waals surface area contributed by atoms with E-state index in [2.05, 4.69) is 42.0 Å². The zero-order valence-electron chi connectivity index (χ0n) is 14.8. The lowest BCUT2D eigenvalue weighted by molar-refractivity contribution is -0.0828. The van der Waals surface area contributed by atoms with Gasteiger partial charge in [-0.05, 0) is 18.4 Å². The number of nitrogens with zero attached hydrogens (tertiary/aromatic N) is 1. The van der Waals surface area contributed by atoms with Gasteiger partial charge in [-0.3, -0.25) is 4.99 Å². The van der Waals surface area contributed by atoms with Crippen molar-refractivity contribution in [2.24, 2.45) is 4.99 Å². The number of nitrogens with one attached hydrogen (secondary N) is 2. The maximum absolute atomic E-state index is 5.75. The Morgan fingerprint density at radius 3 is 2.75 bits per heavy atom. The summed E-state index contributed by atoms with van der Waals surface area (Å²) in [4.78, 5) is 6.15. The topological polar surface area (TPSA) is 54.9 Å². The maximum atomic E-state index is 5.75. The van der Waals surface area contributed by atoms with Crippen LogP contribution in [0.1, 0.15) is 37.5 Å².